The van der Waals surface area contributed by atoms with E-state index in [0.717, 1.165) is 34.8 Å². The van der Waals surface area contributed by atoms with Gasteiger partial charge in [-0.2, -0.15) is 4.31 Å². The molecule has 1 atom stereocenters. The first kappa shape index (κ1) is 27.1. The fourth-order valence-corrected chi connectivity index (χ4v) is 5.29. The van der Waals surface area contributed by atoms with Crippen molar-refractivity contribution in [2.24, 2.45) is 0 Å². The molecule has 0 aliphatic carbocycles. The summed E-state index contributed by atoms with van der Waals surface area (Å²) in [6.45, 7) is 1.53. The highest BCUT2D eigenvalue weighted by Gasteiger charge is 2.41. The highest BCUT2D eigenvalue weighted by Crippen LogP contribution is 2.38. The van der Waals surface area contributed by atoms with Gasteiger partial charge in [0.1, 0.15) is 22.2 Å². The number of hydrogen-bond acceptors (Lipinski definition) is 8. The van der Waals surface area contributed by atoms with Gasteiger partial charge in [0, 0.05) is 18.2 Å². The lowest BCUT2D eigenvalue weighted by atomic mass is 9.94. The Balaban J connectivity index is 1.58. The van der Waals surface area contributed by atoms with Crippen molar-refractivity contribution in [3.05, 3.63) is 77.2 Å². The van der Waals surface area contributed by atoms with Crippen molar-refractivity contribution >= 4 is 16.1 Å². The molecule has 38 heavy (non-hydrogen) atoms. The number of hydrogen-bond donors (Lipinski definition) is 2. The zero-order chi connectivity index (χ0) is 27.7. The second-order valence-corrected chi connectivity index (χ2v) is 9.84. The second-order valence-electron chi connectivity index (χ2n) is 7.95. The van der Waals surface area contributed by atoms with Crippen LogP contribution in [0.1, 0.15) is 22.9 Å². The first-order valence-electron chi connectivity index (χ1n) is 10.8. The maximum Gasteiger partial charge on any atom is 0.573 e. The number of halogens is 4. The molecule has 0 saturated heterocycles. The number of pyridine rings is 1. The number of ether oxygens (including phenoxy) is 3. The topological polar surface area (TPSA) is 127 Å². The van der Waals surface area contributed by atoms with Crippen LogP contribution in [0.2, 0.25) is 0 Å². The van der Waals surface area contributed by atoms with Gasteiger partial charge in [-0.25, -0.2) is 28.1 Å². The van der Waals surface area contributed by atoms with E-state index in [1.807, 2.05) is 0 Å². The minimum Gasteiger partial charge on any atom is -0.439 e. The van der Waals surface area contributed by atoms with Crippen molar-refractivity contribution in [1.82, 2.24) is 14.8 Å². The van der Waals surface area contributed by atoms with Crippen molar-refractivity contribution in [2.75, 3.05) is 6.54 Å². The normalized spacial score (nSPS) is 15.9. The highest BCUT2D eigenvalue weighted by molar-refractivity contribution is 7.89. The molecule has 1 aliphatic heterocycles. The number of benzene rings is 2. The fraction of sp³-hybridized carbons (Fsp3) is 0.217. The van der Waals surface area contributed by atoms with Gasteiger partial charge >= 0.3 is 12.5 Å². The number of nitrogens with zero attached hydrogens (tertiary/aromatic N) is 2. The number of sulfonamides is 1. The summed E-state index contributed by atoms with van der Waals surface area (Å²) < 4.78 is 93.6. The highest BCUT2D eigenvalue weighted by atomic mass is 32.2. The maximum atomic E-state index is 14.8. The molecule has 0 spiro atoms. The van der Waals surface area contributed by atoms with E-state index in [9.17, 15) is 30.8 Å². The summed E-state index contributed by atoms with van der Waals surface area (Å²) in [5.74, 6) is -1.23. The van der Waals surface area contributed by atoms with Gasteiger partial charge in [-0.05, 0) is 60.9 Å². The van der Waals surface area contributed by atoms with Crippen LogP contribution >= 0.6 is 0 Å². The van der Waals surface area contributed by atoms with Crippen molar-refractivity contribution in [3.63, 3.8) is 0 Å². The number of fused-ring (bicyclic) bond motifs is 1. The van der Waals surface area contributed by atoms with E-state index >= 15 is 0 Å². The lowest BCUT2D eigenvalue weighted by Crippen LogP contribution is -2.43. The molecule has 0 bridgehead atoms. The molecule has 0 radical (unpaired) electrons. The number of alkyl halides is 3. The lowest BCUT2D eigenvalue weighted by molar-refractivity contribution is -0.274. The molecule has 15 heteroatoms. The molecule has 10 nitrogen and oxygen atoms in total. The predicted molar refractivity (Wildman–Crippen MR) is 120 cm³/mol. The Morgan fingerprint density at radius 3 is 2.39 bits per heavy atom. The lowest BCUT2D eigenvalue weighted by Gasteiger charge is -2.36. The van der Waals surface area contributed by atoms with E-state index in [-0.39, 0.29) is 35.1 Å². The zero-order valence-corrected chi connectivity index (χ0v) is 20.2. The quantitative estimate of drug-likeness (QED) is 0.256. The van der Waals surface area contributed by atoms with E-state index < -0.39 is 40.3 Å². The minimum atomic E-state index is -4.85. The van der Waals surface area contributed by atoms with Crippen LogP contribution in [0, 0.1) is 12.7 Å². The van der Waals surface area contributed by atoms with Crippen LogP contribution in [0.4, 0.5) is 22.4 Å². The Hall–Kier alpha value is -3.95. The summed E-state index contributed by atoms with van der Waals surface area (Å²) >= 11 is 0. The average Bonchev–Trinajstić information content (AvgIpc) is 2.86. The summed E-state index contributed by atoms with van der Waals surface area (Å²) in [5, 5.41) is 8.89. The van der Waals surface area contributed by atoms with Gasteiger partial charge in [-0.3, -0.25) is 5.21 Å². The molecular formula is C23H19F4N3O7S. The summed E-state index contributed by atoms with van der Waals surface area (Å²) in [6.07, 6.45) is -6.88. The van der Waals surface area contributed by atoms with Crippen molar-refractivity contribution in [1.29, 1.82) is 0 Å². The van der Waals surface area contributed by atoms with Crippen LogP contribution in [0.5, 0.6) is 17.4 Å². The molecule has 1 unspecified atom stereocenters. The fourth-order valence-electron chi connectivity index (χ4n) is 3.86. The van der Waals surface area contributed by atoms with Crippen LogP contribution in [0.3, 0.4) is 0 Å². The SMILES string of the molecule is Cc1ccc(F)c2c1CCN(S(=O)(=O)c1ccc(Oc3ccc(OC(F)(F)F)cc3)nc1)C2OC(=O)NO. The molecule has 2 aromatic carbocycles. The number of aromatic nitrogens is 1. The van der Waals surface area contributed by atoms with Crippen molar-refractivity contribution in [3.8, 4) is 17.4 Å². The van der Waals surface area contributed by atoms with Crippen molar-refractivity contribution < 1.29 is 50.2 Å². The first-order chi connectivity index (χ1) is 17.9. The minimum absolute atomic E-state index is 0.0773. The standard InChI is InChI=1S/C23H19F4N3O7S/c1-13-2-8-18(24)20-17(13)10-11-30(21(20)36-22(31)29-32)38(33,34)16-7-9-19(28-12-16)35-14-3-5-15(6-4-14)37-23(25,26)27/h2-9,12,21,32H,10-11H2,1H3,(H,29,31). The Morgan fingerprint density at radius 1 is 1.11 bits per heavy atom. The molecule has 202 valence electrons. The second kappa shape index (κ2) is 10.4. The molecule has 2 heterocycles. The van der Waals surface area contributed by atoms with Crippen LogP contribution in [-0.2, 0) is 21.2 Å². The summed E-state index contributed by atoms with van der Waals surface area (Å²) in [6, 6.07) is 9.43. The third kappa shape index (κ3) is 5.79. The van der Waals surface area contributed by atoms with Gasteiger partial charge < -0.3 is 14.2 Å². The summed E-state index contributed by atoms with van der Waals surface area (Å²) in [5.41, 5.74) is 2.22. The van der Waals surface area contributed by atoms with Crippen LogP contribution in [-0.4, -0.2) is 41.9 Å². The number of rotatable bonds is 6. The predicted octanol–water partition coefficient (Wildman–Crippen LogP) is 4.58. The van der Waals surface area contributed by atoms with Crippen LogP contribution < -0.4 is 15.0 Å². The largest absolute Gasteiger partial charge is 0.573 e. The summed E-state index contributed by atoms with van der Waals surface area (Å²) in [7, 11) is -4.41. The van der Waals surface area contributed by atoms with E-state index in [4.69, 9.17) is 14.7 Å². The zero-order valence-electron chi connectivity index (χ0n) is 19.4. The number of carbonyl (C=O) groups is 1. The van der Waals surface area contributed by atoms with E-state index in [2.05, 4.69) is 9.72 Å². The van der Waals surface area contributed by atoms with Crippen LogP contribution in [0.15, 0.2) is 59.6 Å². The molecule has 1 aromatic heterocycles. The van der Waals surface area contributed by atoms with Gasteiger partial charge in [0.2, 0.25) is 15.9 Å². The van der Waals surface area contributed by atoms with Crippen molar-refractivity contribution in [2.45, 2.75) is 30.8 Å². The molecule has 2 N–H and O–H groups in total. The van der Waals surface area contributed by atoms with E-state index in [1.165, 1.54) is 29.7 Å². The summed E-state index contributed by atoms with van der Waals surface area (Å²) in [4.78, 5) is 15.4. The number of hydroxylamine groups is 1. The Bertz CT molecular complexity index is 1430. The average molecular weight is 557 g/mol. The van der Waals surface area contributed by atoms with Gasteiger partial charge in [0.15, 0.2) is 6.23 Å². The van der Waals surface area contributed by atoms with Crippen LogP contribution in [0.25, 0.3) is 0 Å². The maximum absolute atomic E-state index is 14.8. The Kier molecular flexibility index (Phi) is 7.44. The Labute approximate surface area is 213 Å². The molecule has 0 saturated carbocycles. The van der Waals surface area contributed by atoms with Gasteiger partial charge in [0.05, 0.1) is 6.20 Å². The van der Waals surface area contributed by atoms with Gasteiger partial charge in [0.25, 0.3) is 0 Å². The molecule has 3 aromatic rings. The molecule has 0 fully saturated rings. The number of amides is 1. The van der Waals surface area contributed by atoms with Gasteiger partial charge in [-0.1, -0.05) is 6.07 Å². The number of carbonyl (C=O) groups excluding carboxylic acids is 1. The first-order valence-corrected chi connectivity index (χ1v) is 12.2. The number of aryl methyl sites for hydroxylation is 1. The van der Waals surface area contributed by atoms with Gasteiger partial charge in [-0.15, -0.1) is 13.2 Å². The molecule has 1 amide bonds. The smallest absolute Gasteiger partial charge is 0.439 e. The number of nitrogens with one attached hydrogen (secondary N) is 1. The monoisotopic (exact) mass is 557 g/mol. The van der Waals surface area contributed by atoms with E-state index in [0.29, 0.717) is 11.1 Å². The third-order valence-electron chi connectivity index (χ3n) is 5.53. The third-order valence-corrected chi connectivity index (χ3v) is 7.36. The molecular weight excluding hydrogens is 538 g/mol. The molecule has 1 aliphatic rings. The molecule has 4 rings (SSSR count). The Morgan fingerprint density at radius 2 is 1.79 bits per heavy atom. The van der Waals surface area contributed by atoms with E-state index in [1.54, 1.807) is 6.92 Å².